The number of halogens is 3. The topological polar surface area (TPSA) is 79.9 Å². The van der Waals surface area contributed by atoms with Gasteiger partial charge in [0.05, 0.1) is 23.1 Å². The maximum absolute atomic E-state index is 12.9. The molecule has 0 radical (unpaired) electrons. The van der Waals surface area contributed by atoms with E-state index in [1.165, 1.54) is 0 Å². The number of aromatic nitrogens is 3. The molecule has 1 saturated heterocycles. The van der Waals surface area contributed by atoms with E-state index in [0.717, 1.165) is 44.3 Å². The Hall–Kier alpha value is -2.94. The Morgan fingerprint density at radius 3 is 2.69 bits per heavy atom. The molecule has 0 aliphatic carbocycles. The number of aromatic amines is 1. The van der Waals surface area contributed by atoms with E-state index < -0.39 is 17.3 Å². The zero-order valence-corrected chi connectivity index (χ0v) is 15.4. The molecule has 2 N–H and O–H groups in total. The lowest BCUT2D eigenvalue weighted by Crippen LogP contribution is -2.30. The van der Waals surface area contributed by atoms with Gasteiger partial charge in [-0.05, 0) is 62.2 Å². The third kappa shape index (κ3) is 4.40. The summed E-state index contributed by atoms with van der Waals surface area (Å²) in [5.41, 5.74) is -1.01. The van der Waals surface area contributed by atoms with Gasteiger partial charge in [0.2, 0.25) is 0 Å². The number of rotatable bonds is 4. The number of alkyl halides is 3. The van der Waals surface area contributed by atoms with Gasteiger partial charge >= 0.3 is 6.18 Å². The minimum Gasteiger partial charge on any atom is -0.493 e. The van der Waals surface area contributed by atoms with Gasteiger partial charge in [0.15, 0.2) is 5.82 Å². The monoisotopic (exact) mass is 404 g/mol. The van der Waals surface area contributed by atoms with Crippen molar-refractivity contribution < 1.29 is 17.9 Å². The van der Waals surface area contributed by atoms with Crippen LogP contribution in [0.5, 0.6) is 5.75 Å². The molecule has 0 unspecified atom stereocenters. The maximum Gasteiger partial charge on any atom is 0.416 e. The van der Waals surface area contributed by atoms with Crippen LogP contribution in [0.3, 0.4) is 0 Å². The summed E-state index contributed by atoms with van der Waals surface area (Å²) in [4.78, 5) is 23.2. The number of fused-ring (bicyclic) bond motifs is 1. The highest BCUT2D eigenvalue weighted by molar-refractivity contribution is 5.80. The van der Waals surface area contributed by atoms with Gasteiger partial charge in [-0.25, -0.2) is 4.98 Å². The first-order chi connectivity index (χ1) is 13.9. The summed E-state index contributed by atoms with van der Waals surface area (Å²) in [5.74, 6) is 1.02. The second kappa shape index (κ2) is 7.82. The van der Waals surface area contributed by atoms with Crippen LogP contribution in [-0.2, 0) is 6.18 Å². The molecule has 152 valence electrons. The molecule has 0 saturated carbocycles. The van der Waals surface area contributed by atoms with Crippen molar-refractivity contribution in [3.8, 4) is 17.3 Å². The standard InChI is InChI=1S/C20H19F3N4O2/c21-20(22,23)13-5-8-25-17(9-13)18-26-16-2-1-14(10-15(16)19(28)27-18)29-11-12-3-6-24-7-4-12/h1-2,5,8-10,12,24H,3-4,6-7,11H2,(H,26,27,28). The average Bonchev–Trinajstić information content (AvgIpc) is 2.72. The molecule has 2 aromatic heterocycles. The van der Waals surface area contributed by atoms with E-state index in [9.17, 15) is 18.0 Å². The van der Waals surface area contributed by atoms with Crippen LogP contribution in [0.25, 0.3) is 22.4 Å². The van der Waals surface area contributed by atoms with Crippen molar-refractivity contribution in [2.45, 2.75) is 19.0 Å². The van der Waals surface area contributed by atoms with Crippen molar-refractivity contribution in [1.29, 1.82) is 0 Å². The molecule has 6 nitrogen and oxygen atoms in total. The van der Waals surface area contributed by atoms with Crippen molar-refractivity contribution >= 4 is 10.9 Å². The molecule has 3 heterocycles. The van der Waals surface area contributed by atoms with Crippen molar-refractivity contribution in [1.82, 2.24) is 20.3 Å². The van der Waals surface area contributed by atoms with Crippen molar-refractivity contribution in [2.75, 3.05) is 19.7 Å². The van der Waals surface area contributed by atoms with Crippen LogP contribution in [0.15, 0.2) is 41.3 Å². The van der Waals surface area contributed by atoms with Crippen LogP contribution >= 0.6 is 0 Å². The summed E-state index contributed by atoms with van der Waals surface area (Å²) in [6.45, 7) is 2.52. The predicted molar refractivity (Wildman–Crippen MR) is 102 cm³/mol. The number of hydrogen-bond donors (Lipinski definition) is 2. The Balaban J connectivity index is 1.60. The zero-order chi connectivity index (χ0) is 20.4. The second-order valence-corrected chi connectivity index (χ2v) is 7.03. The summed E-state index contributed by atoms with van der Waals surface area (Å²) >= 11 is 0. The fraction of sp³-hybridized carbons (Fsp3) is 0.350. The largest absolute Gasteiger partial charge is 0.493 e. The maximum atomic E-state index is 12.9. The molecule has 1 fully saturated rings. The first-order valence-electron chi connectivity index (χ1n) is 9.31. The van der Waals surface area contributed by atoms with Crippen molar-refractivity contribution in [2.24, 2.45) is 5.92 Å². The zero-order valence-electron chi connectivity index (χ0n) is 15.4. The molecule has 1 aliphatic rings. The first kappa shape index (κ1) is 19.4. The molecule has 0 amide bonds. The lowest BCUT2D eigenvalue weighted by molar-refractivity contribution is -0.137. The highest BCUT2D eigenvalue weighted by Crippen LogP contribution is 2.30. The summed E-state index contributed by atoms with van der Waals surface area (Å²) in [5, 5.41) is 3.61. The molecule has 0 bridgehead atoms. The molecule has 1 aliphatic heterocycles. The fourth-order valence-corrected chi connectivity index (χ4v) is 3.33. The van der Waals surface area contributed by atoms with Gasteiger partial charge in [-0.3, -0.25) is 9.78 Å². The van der Waals surface area contributed by atoms with E-state index in [1.54, 1.807) is 18.2 Å². The smallest absolute Gasteiger partial charge is 0.416 e. The van der Waals surface area contributed by atoms with Crippen LogP contribution in [0.4, 0.5) is 13.2 Å². The third-order valence-electron chi connectivity index (χ3n) is 4.95. The van der Waals surface area contributed by atoms with E-state index in [2.05, 4.69) is 20.3 Å². The van der Waals surface area contributed by atoms with Gasteiger partial charge in [0, 0.05) is 6.20 Å². The number of nitrogens with zero attached hydrogens (tertiary/aromatic N) is 2. The number of piperidine rings is 1. The Morgan fingerprint density at radius 2 is 1.93 bits per heavy atom. The van der Waals surface area contributed by atoms with Gasteiger partial charge in [-0.2, -0.15) is 13.2 Å². The van der Waals surface area contributed by atoms with Gasteiger partial charge in [-0.1, -0.05) is 0 Å². The number of benzene rings is 1. The van der Waals surface area contributed by atoms with Gasteiger partial charge in [-0.15, -0.1) is 0 Å². The van der Waals surface area contributed by atoms with E-state index in [4.69, 9.17) is 4.74 Å². The molecular formula is C20H19F3N4O2. The van der Waals surface area contributed by atoms with Crippen LogP contribution in [0.1, 0.15) is 18.4 Å². The van der Waals surface area contributed by atoms with E-state index >= 15 is 0 Å². The third-order valence-corrected chi connectivity index (χ3v) is 4.95. The van der Waals surface area contributed by atoms with E-state index in [-0.39, 0.29) is 11.5 Å². The number of ether oxygens (including phenoxy) is 1. The quantitative estimate of drug-likeness (QED) is 0.697. The van der Waals surface area contributed by atoms with Gasteiger partial charge in [0.1, 0.15) is 11.4 Å². The minimum absolute atomic E-state index is 0.0167. The Morgan fingerprint density at radius 1 is 1.14 bits per heavy atom. The number of hydrogen-bond acceptors (Lipinski definition) is 5. The van der Waals surface area contributed by atoms with Crippen LogP contribution in [0, 0.1) is 5.92 Å². The van der Waals surface area contributed by atoms with Crippen LogP contribution in [-0.4, -0.2) is 34.6 Å². The molecule has 9 heteroatoms. The summed E-state index contributed by atoms with van der Waals surface area (Å²) in [6.07, 6.45) is -1.37. The average molecular weight is 404 g/mol. The number of pyridine rings is 1. The van der Waals surface area contributed by atoms with Crippen molar-refractivity contribution in [3.05, 3.63) is 52.4 Å². The Labute approximate surface area is 164 Å². The lowest BCUT2D eigenvalue weighted by Gasteiger charge is -2.22. The summed E-state index contributed by atoms with van der Waals surface area (Å²) in [7, 11) is 0. The van der Waals surface area contributed by atoms with E-state index in [1.807, 2.05) is 0 Å². The highest BCUT2D eigenvalue weighted by atomic mass is 19.4. The Bertz CT molecular complexity index is 1080. The van der Waals surface area contributed by atoms with E-state index in [0.29, 0.717) is 29.2 Å². The SMILES string of the molecule is O=c1[nH]c(-c2cc(C(F)(F)F)ccn2)nc2ccc(OCC3CCNCC3)cc12. The normalized spacial score (nSPS) is 15.6. The molecule has 0 spiro atoms. The van der Waals surface area contributed by atoms with Crippen molar-refractivity contribution in [3.63, 3.8) is 0 Å². The molecule has 4 rings (SSSR count). The fourth-order valence-electron chi connectivity index (χ4n) is 3.33. The second-order valence-electron chi connectivity index (χ2n) is 7.03. The molecule has 0 atom stereocenters. The minimum atomic E-state index is -4.50. The number of H-pyrrole nitrogens is 1. The molecule has 3 aromatic rings. The van der Waals surface area contributed by atoms with Crippen LogP contribution < -0.4 is 15.6 Å². The summed E-state index contributed by atoms with van der Waals surface area (Å²) in [6, 6.07) is 6.67. The first-order valence-corrected chi connectivity index (χ1v) is 9.31. The Kier molecular flexibility index (Phi) is 5.23. The lowest BCUT2D eigenvalue weighted by atomic mass is 9.99. The highest BCUT2D eigenvalue weighted by Gasteiger charge is 2.31. The molecular weight excluding hydrogens is 385 g/mol. The predicted octanol–water partition coefficient (Wildman–Crippen LogP) is 3.38. The molecule has 29 heavy (non-hydrogen) atoms. The molecule has 1 aromatic carbocycles. The summed E-state index contributed by atoms with van der Waals surface area (Å²) < 4.78 is 44.6. The van der Waals surface area contributed by atoms with Gasteiger partial charge in [0.25, 0.3) is 5.56 Å². The number of nitrogens with one attached hydrogen (secondary N) is 2. The van der Waals surface area contributed by atoms with Crippen LogP contribution in [0.2, 0.25) is 0 Å². The van der Waals surface area contributed by atoms with Gasteiger partial charge < -0.3 is 15.0 Å².